The lowest BCUT2D eigenvalue weighted by Gasteiger charge is -2.31. The number of amides is 2. The van der Waals surface area contributed by atoms with Gasteiger partial charge in [-0.1, -0.05) is 24.3 Å². The molecule has 0 bridgehead atoms. The van der Waals surface area contributed by atoms with Gasteiger partial charge in [-0.2, -0.15) is 0 Å². The molecule has 0 radical (unpaired) electrons. The summed E-state index contributed by atoms with van der Waals surface area (Å²) in [6.07, 6.45) is -0.0235. The van der Waals surface area contributed by atoms with Crippen LogP contribution in [0.3, 0.4) is 0 Å². The molecule has 0 atom stereocenters. The van der Waals surface area contributed by atoms with Gasteiger partial charge in [0.15, 0.2) is 0 Å². The zero-order valence-corrected chi connectivity index (χ0v) is 17.6. The van der Waals surface area contributed by atoms with Crippen LogP contribution in [-0.2, 0) is 9.59 Å². The van der Waals surface area contributed by atoms with Crippen molar-refractivity contribution in [1.82, 2.24) is 0 Å². The summed E-state index contributed by atoms with van der Waals surface area (Å²) in [6.45, 7) is 11.5. The van der Waals surface area contributed by atoms with Crippen molar-refractivity contribution in [2.75, 3.05) is 16.8 Å². The van der Waals surface area contributed by atoms with E-state index in [2.05, 4.69) is 5.32 Å². The van der Waals surface area contributed by atoms with E-state index in [-0.39, 0.29) is 17.9 Å². The molecule has 0 aliphatic carbocycles. The van der Waals surface area contributed by atoms with E-state index in [1.165, 1.54) is 0 Å². The Kier molecular flexibility index (Phi) is 6.84. The summed E-state index contributed by atoms with van der Waals surface area (Å²) in [5.74, 6) is -0.0381. The molecule has 2 aromatic carbocycles. The molecule has 0 saturated carbocycles. The maximum Gasteiger partial charge on any atom is 0.242 e. The normalized spacial score (nSPS) is 11.2. The summed E-state index contributed by atoms with van der Waals surface area (Å²) in [7, 11) is 0. The van der Waals surface area contributed by atoms with Gasteiger partial charge in [0.1, 0.15) is 11.2 Å². The summed E-state index contributed by atoms with van der Waals surface area (Å²) in [5, 5.41) is 2.87. The average Bonchev–Trinajstić information content (AvgIpc) is 2.63. The second-order valence-electron chi connectivity index (χ2n) is 7.63. The number of aryl methyl sites for hydroxylation is 1. The third-order valence-corrected chi connectivity index (χ3v) is 4.47. The minimum absolute atomic E-state index is 0.0235. The molecule has 0 aromatic heterocycles. The van der Waals surface area contributed by atoms with E-state index in [1.54, 1.807) is 30.9 Å². The number of hydrogen-bond acceptors (Lipinski definition) is 3. The zero-order valence-electron chi connectivity index (χ0n) is 17.6. The van der Waals surface area contributed by atoms with Gasteiger partial charge >= 0.3 is 0 Å². The molecular formula is C23H30N2O3. The second kappa shape index (κ2) is 8.91. The van der Waals surface area contributed by atoms with Crippen LogP contribution < -0.4 is 15.0 Å². The van der Waals surface area contributed by atoms with Gasteiger partial charge in [-0.05, 0) is 71.4 Å². The summed E-state index contributed by atoms with van der Waals surface area (Å²) < 4.78 is 5.76. The van der Waals surface area contributed by atoms with Crippen molar-refractivity contribution < 1.29 is 14.3 Å². The highest BCUT2D eigenvalue weighted by Gasteiger charge is 2.39. The molecule has 0 heterocycles. The fourth-order valence-corrected chi connectivity index (χ4v) is 2.88. The van der Waals surface area contributed by atoms with Crippen molar-refractivity contribution in [1.29, 1.82) is 0 Å². The van der Waals surface area contributed by atoms with Gasteiger partial charge in [-0.3, -0.25) is 9.59 Å². The van der Waals surface area contributed by atoms with Crippen LogP contribution in [-0.4, -0.2) is 24.5 Å². The van der Waals surface area contributed by atoms with Crippen molar-refractivity contribution >= 4 is 23.2 Å². The molecule has 0 aliphatic heterocycles. The quantitative estimate of drug-likeness (QED) is 0.700. The molecular weight excluding hydrogens is 352 g/mol. The molecule has 0 spiro atoms. The summed E-state index contributed by atoms with van der Waals surface area (Å²) in [5.41, 5.74) is 1.16. The fraction of sp³-hybridized carbons (Fsp3) is 0.391. The summed E-state index contributed by atoms with van der Waals surface area (Å²) in [4.78, 5) is 27.9. The number of hydrogen-bond donors (Lipinski definition) is 1. The highest BCUT2D eigenvalue weighted by atomic mass is 16.5. The van der Waals surface area contributed by atoms with Crippen LogP contribution in [0.5, 0.6) is 5.75 Å². The highest BCUT2D eigenvalue weighted by Crippen LogP contribution is 2.30. The van der Waals surface area contributed by atoms with Crippen molar-refractivity contribution in [2.24, 2.45) is 5.41 Å². The van der Waals surface area contributed by atoms with E-state index in [1.807, 2.05) is 64.1 Å². The number of carbonyl (C=O) groups is 2. The molecule has 2 rings (SSSR count). The lowest BCUT2D eigenvalue weighted by molar-refractivity contribution is -0.136. The van der Waals surface area contributed by atoms with Gasteiger partial charge in [0.2, 0.25) is 11.8 Å². The number of carbonyl (C=O) groups excluding carboxylic acids is 2. The first-order valence-electron chi connectivity index (χ1n) is 9.62. The molecule has 150 valence electrons. The predicted octanol–water partition coefficient (Wildman–Crippen LogP) is 4.80. The molecule has 5 heteroatoms. The standard InChI is InChI=1S/C23H30N2O3/c1-7-25(18-12-10-11-17(4)15-18)22(27)23(5,6)21(26)24-19-13-8-9-14-20(19)28-16(2)3/h8-16H,7H2,1-6H3,(H,24,26). The van der Waals surface area contributed by atoms with E-state index < -0.39 is 5.41 Å². The van der Waals surface area contributed by atoms with Crippen LogP contribution in [0, 0.1) is 12.3 Å². The topological polar surface area (TPSA) is 58.6 Å². The number of nitrogens with one attached hydrogen (secondary N) is 1. The Morgan fingerprint density at radius 3 is 2.39 bits per heavy atom. The van der Waals surface area contributed by atoms with Crippen LogP contribution in [0.15, 0.2) is 48.5 Å². The Hall–Kier alpha value is -2.82. The maximum absolute atomic E-state index is 13.2. The maximum atomic E-state index is 13.2. The minimum atomic E-state index is -1.25. The summed E-state index contributed by atoms with van der Waals surface area (Å²) >= 11 is 0. The zero-order chi connectivity index (χ0) is 20.9. The van der Waals surface area contributed by atoms with Crippen LogP contribution in [0.1, 0.15) is 40.2 Å². The van der Waals surface area contributed by atoms with Crippen LogP contribution >= 0.6 is 0 Å². The highest BCUT2D eigenvalue weighted by molar-refractivity contribution is 6.15. The molecule has 0 aliphatic rings. The molecule has 28 heavy (non-hydrogen) atoms. The molecule has 5 nitrogen and oxygen atoms in total. The Bertz CT molecular complexity index is 843. The lowest BCUT2D eigenvalue weighted by atomic mass is 9.89. The number of benzene rings is 2. The number of nitrogens with zero attached hydrogens (tertiary/aromatic N) is 1. The van der Waals surface area contributed by atoms with E-state index in [4.69, 9.17) is 4.74 Å². The van der Waals surface area contributed by atoms with Crippen LogP contribution in [0.2, 0.25) is 0 Å². The second-order valence-corrected chi connectivity index (χ2v) is 7.63. The van der Waals surface area contributed by atoms with Gasteiger partial charge in [0, 0.05) is 12.2 Å². The minimum Gasteiger partial charge on any atom is -0.489 e. The smallest absolute Gasteiger partial charge is 0.242 e. The SMILES string of the molecule is CCN(C(=O)C(C)(C)C(=O)Nc1ccccc1OC(C)C)c1cccc(C)c1. The third kappa shape index (κ3) is 4.91. The number of para-hydroxylation sites is 2. The molecule has 2 aromatic rings. The largest absolute Gasteiger partial charge is 0.489 e. The number of anilines is 2. The van der Waals surface area contributed by atoms with Crippen molar-refractivity contribution in [2.45, 2.75) is 47.6 Å². The van der Waals surface area contributed by atoms with E-state index in [0.717, 1.165) is 11.3 Å². The van der Waals surface area contributed by atoms with Gasteiger partial charge in [-0.25, -0.2) is 0 Å². The molecule has 1 N–H and O–H groups in total. The monoisotopic (exact) mass is 382 g/mol. The van der Waals surface area contributed by atoms with Gasteiger partial charge < -0.3 is 15.0 Å². The average molecular weight is 383 g/mol. The van der Waals surface area contributed by atoms with Crippen LogP contribution in [0.4, 0.5) is 11.4 Å². The van der Waals surface area contributed by atoms with E-state index >= 15 is 0 Å². The first-order valence-corrected chi connectivity index (χ1v) is 9.62. The van der Waals surface area contributed by atoms with Crippen molar-refractivity contribution in [3.63, 3.8) is 0 Å². The summed E-state index contributed by atoms with van der Waals surface area (Å²) in [6, 6.07) is 15.0. The van der Waals surface area contributed by atoms with E-state index in [9.17, 15) is 9.59 Å². The van der Waals surface area contributed by atoms with Crippen molar-refractivity contribution in [3.05, 3.63) is 54.1 Å². The van der Waals surface area contributed by atoms with Gasteiger partial charge in [0.25, 0.3) is 0 Å². The predicted molar refractivity (Wildman–Crippen MR) is 114 cm³/mol. The molecule has 0 saturated heterocycles. The molecule has 0 fully saturated rings. The number of ether oxygens (including phenoxy) is 1. The Labute approximate surface area is 167 Å². The Balaban J connectivity index is 2.25. The van der Waals surface area contributed by atoms with Gasteiger partial charge in [0.05, 0.1) is 11.8 Å². The lowest BCUT2D eigenvalue weighted by Crippen LogP contribution is -2.47. The van der Waals surface area contributed by atoms with Gasteiger partial charge in [-0.15, -0.1) is 0 Å². The Morgan fingerprint density at radius 2 is 1.79 bits per heavy atom. The first kappa shape index (κ1) is 21.5. The van der Waals surface area contributed by atoms with Crippen molar-refractivity contribution in [3.8, 4) is 5.75 Å². The number of rotatable bonds is 7. The third-order valence-electron chi connectivity index (χ3n) is 4.47. The fourth-order valence-electron chi connectivity index (χ4n) is 2.88. The molecule has 2 amide bonds. The molecule has 0 unspecified atom stereocenters. The first-order chi connectivity index (χ1) is 13.2. The van der Waals surface area contributed by atoms with E-state index in [0.29, 0.717) is 18.0 Å². The Morgan fingerprint density at radius 1 is 1.11 bits per heavy atom. The van der Waals surface area contributed by atoms with Crippen LogP contribution in [0.25, 0.3) is 0 Å².